The number of fused-ring (bicyclic) bond motifs is 2. The molecular weight excluding hydrogens is 456 g/mol. The number of unbranched alkanes of at least 4 members (excludes halogenated alkanes) is 1. The third-order valence-electron chi connectivity index (χ3n) is 8.07. The highest BCUT2D eigenvalue weighted by Crippen LogP contribution is 2.56. The molecule has 1 heterocycles. The van der Waals surface area contributed by atoms with E-state index in [0.29, 0.717) is 50.1 Å². The van der Waals surface area contributed by atoms with Gasteiger partial charge in [0, 0.05) is 25.9 Å². The number of nitrogens with zero attached hydrogens (tertiary/aromatic N) is 3. The maximum absolute atomic E-state index is 13.3. The molecule has 0 aromatic carbocycles. The SMILES string of the molecule is CCC1CC2CC(C)(CC(=O)N3CC(C)CC3C#N)CC(OC(=O)CCCCN=C(N)N)(C1)C2.CN. The van der Waals surface area contributed by atoms with Crippen molar-refractivity contribution in [2.75, 3.05) is 20.1 Å². The largest absolute Gasteiger partial charge is 0.459 e. The van der Waals surface area contributed by atoms with E-state index >= 15 is 0 Å². The number of carbonyl (C=O) groups excluding carboxylic acids is 2. The van der Waals surface area contributed by atoms with Crippen LogP contribution in [0.5, 0.6) is 0 Å². The van der Waals surface area contributed by atoms with Gasteiger partial charge in [-0.25, -0.2) is 0 Å². The van der Waals surface area contributed by atoms with E-state index in [1.165, 1.54) is 7.05 Å². The van der Waals surface area contributed by atoms with Gasteiger partial charge in [-0.1, -0.05) is 27.2 Å². The Morgan fingerprint density at radius 1 is 1.17 bits per heavy atom. The van der Waals surface area contributed by atoms with Gasteiger partial charge in [-0.2, -0.15) is 5.26 Å². The smallest absolute Gasteiger partial charge is 0.306 e. The van der Waals surface area contributed by atoms with Gasteiger partial charge < -0.3 is 26.8 Å². The quantitative estimate of drug-likeness (QED) is 0.188. The molecule has 9 nitrogen and oxygen atoms in total. The molecule has 0 spiro atoms. The number of nitriles is 1. The molecule has 6 N–H and O–H groups in total. The predicted octanol–water partition coefficient (Wildman–Crippen LogP) is 3.06. The first-order chi connectivity index (χ1) is 17.1. The van der Waals surface area contributed by atoms with E-state index in [-0.39, 0.29) is 29.3 Å². The molecule has 0 aromatic rings. The first kappa shape index (κ1) is 29.9. The van der Waals surface area contributed by atoms with Crippen LogP contribution in [-0.4, -0.2) is 54.5 Å². The molecule has 3 rings (SSSR count). The fraction of sp³-hybridized carbons (Fsp3) is 0.852. The molecular formula is C27H48N6O3. The van der Waals surface area contributed by atoms with E-state index < -0.39 is 5.60 Å². The fourth-order valence-corrected chi connectivity index (χ4v) is 6.98. The van der Waals surface area contributed by atoms with Gasteiger partial charge in [0.05, 0.1) is 6.07 Å². The molecule has 2 aliphatic carbocycles. The van der Waals surface area contributed by atoms with Gasteiger partial charge in [-0.15, -0.1) is 0 Å². The number of amides is 1. The Labute approximate surface area is 217 Å². The molecule has 0 aromatic heterocycles. The van der Waals surface area contributed by atoms with E-state index in [4.69, 9.17) is 16.2 Å². The van der Waals surface area contributed by atoms with Crippen molar-refractivity contribution in [1.82, 2.24) is 4.90 Å². The normalized spacial score (nSPS) is 33.1. The second-order valence-electron chi connectivity index (χ2n) is 11.6. The Hall–Kier alpha value is -2.34. The summed E-state index contributed by atoms with van der Waals surface area (Å²) in [6.45, 7) is 7.67. The minimum atomic E-state index is -0.485. The second kappa shape index (κ2) is 13.3. The third kappa shape index (κ3) is 8.09. The lowest BCUT2D eigenvalue weighted by Crippen LogP contribution is -2.52. The Balaban J connectivity index is 0.00000222. The van der Waals surface area contributed by atoms with Crippen molar-refractivity contribution >= 4 is 17.8 Å². The number of ether oxygens (including phenoxy) is 1. The van der Waals surface area contributed by atoms with Crippen LogP contribution >= 0.6 is 0 Å². The molecule has 3 aliphatic rings. The summed E-state index contributed by atoms with van der Waals surface area (Å²) in [6.07, 6.45) is 8.65. The number of rotatable bonds is 9. The molecule has 3 fully saturated rings. The Bertz CT molecular complexity index is 823. The first-order valence-corrected chi connectivity index (χ1v) is 13.6. The van der Waals surface area contributed by atoms with Crippen LogP contribution in [0.2, 0.25) is 0 Å². The van der Waals surface area contributed by atoms with Gasteiger partial charge in [-0.3, -0.25) is 14.6 Å². The molecule has 6 unspecified atom stereocenters. The highest BCUT2D eigenvalue weighted by Gasteiger charge is 2.53. The van der Waals surface area contributed by atoms with Crippen molar-refractivity contribution in [3.05, 3.63) is 0 Å². The number of aliphatic imine (C=N–C) groups is 1. The van der Waals surface area contributed by atoms with Crippen LogP contribution in [0.1, 0.15) is 91.4 Å². The van der Waals surface area contributed by atoms with Crippen molar-refractivity contribution in [2.24, 2.45) is 45.4 Å². The number of hydrogen-bond donors (Lipinski definition) is 3. The Morgan fingerprint density at radius 2 is 1.89 bits per heavy atom. The number of nitrogens with two attached hydrogens (primary N) is 3. The summed E-state index contributed by atoms with van der Waals surface area (Å²) in [5, 5.41) is 9.51. The van der Waals surface area contributed by atoms with Crippen LogP contribution < -0.4 is 17.2 Å². The topological polar surface area (TPSA) is 161 Å². The number of carbonyl (C=O) groups is 2. The standard InChI is InChI=1S/C26H43N5O3.CH5N/c1-4-19-10-20-11-25(3,14-22(32)31-16-18(2)9-21(31)15-27)17-26(12-19,13-20)34-23(33)7-5-6-8-30-24(28)29;1-2/h18-21H,4-14,16-17H2,1-3H3,(H4,28,29,30);2H2,1H3. The number of guanidine groups is 1. The van der Waals surface area contributed by atoms with Gasteiger partial charge in [0.2, 0.25) is 5.91 Å². The maximum atomic E-state index is 13.3. The van der Waals surface area contributed by atoms with E-state index in [2.05, 4.69) is 37.6 Å². The number of hydrogen-bond acceptors (Lipinski definition) is 6. The molecule has 1 aliphatic heterocycles. The lowest BCUT2D eigenvalue weighted by Gasteiger charge is -2.54. The number of likely N-dealkylation sites (tertiary alicyclic amines) is 1. The van der Waals surface area contributed by atoms with Crippen LogP contribution in [0.15, 0.2) is 4.99 Å². The summed E-state index contributed by atoms with van der Waals surface area (Å²) < 4.78 is 6.27. The molecule has 204 valence electrons. The summed E-state index contributed by atoms with van der Waals surface area (Å²) in [7, 11) is 1.50. The minimum Gasteiger partial charge on any atom is -0.459 e. The van der Waals surface area contributed by atoms with Gasteiger partial charge in [0.15, 0.2) is 5.96 Å². The van der Waals surface area contributed by atoms with E-state index in [1.54, 1.807) is 4.90 Å². The zero-order valence-corrected chi connectivity index (χ0v) is 22.8. The zero-order valence-electron chi connectivity index (χ0n) is 22.8. The highest BCUT2D eigenvalue weighted by molar-refractivity contribution is 5.78. The Kier molecular flexibility index (Phi) is 11.0. The molecule has 1 amide bonds. The van der Waals surface area contributed by atoms with Gasteiger partial charge in [0.25, 0.3) is 0 Å². The maximum Gasteiger partial charge on any atom is 0.306 e. The van der Waals surface area contributed by atoms with Crippen LogP contribution in [0.4, 0.5) is 0 Å². The van der Waals surface area contributed by atoms with Crippen molar-refractivity contribution in [1.29, 1.82) is 5.26 Å². The van der Waals surface area contributed by atoms with Crippen molar-refractivity contribution in [2.45, 2.75) is 103 Å². The summed E-state index contributed by atoms with van der Waals surface area (Å²) >= 11 is 0. The zero-order chi connectivity index (χ0) is 26.9. The average Bonchev–Trinajstić information content (AvgIpc) is 3.19. The van der Waals surface area contributed by atoms with Crippen LogP contribution in [0.25, 0.3) is 0 Å². The lowest BCUT2D eigenvalue weighted by molar-refractivity contribution is -0.183. The lowest BCUT2D eigenvalue weighted by atomic mass is 9.56. The minimum absolute atomic E-state index is 0.0702. The van der Waals surface area contributed by atoms with Crippen molar-refractivity contribution in [3.8, 4) is 6.07 Å². The Morgan fingerprint density at radius 3 is 2.53 bits per heavy atom. The molecule has 36 heavy (non-hydrogen) atoms. The predicted molar refractivity (Wildman–Crippen MR) is 141 cm³/mol. The summed E-state index contributed by atoms with van der Waals surface area (Å²) in [6, 6.07) is 2.00. The van der Waals surface area contributed by atoms with Crippen molar-refractivity contribution in [3.63, 3.8) is 0 Å². The monoisotopic (exact) mass is 504 g/mol. The first-order valence-electron chi connectivity index (χ1n) is 13.6. The third-order valence-corrected chi connectivity index (χ3v) is 8.07. The van der Waals surface area contributed by atoms with Crippen LogP contribution in [-0.2, 0) is 14.3 Å². The molecule has 2 saturated carbocycles. The van der Waals surface area contributed by atoms with Crippen LogP contribution in [0, 0.1) is 34.5 Å². The van der Waals surface area contributed by atoms with E-state index in [1.807, 2.05) is 0 Å². The van der Waals surface area contributed by atoms with Crippen molar-refractivity contribution < 1.29 is 14.3 Å². The molecule has 2 bridgehead atoms. The molecule has 6 atom stereocenters. The van der Waals surface area contributed by atoms with Gasteiger partial charge >= 0.3 is 5.97 Å². The van der Waals surface area contributed by atoms with E-state index in [9.17, 15) is 14.9 Å². The highest BCUT2D eigenvalue weighted by atomic mass is 16.6. The molecule has 1 saturated heterocycles. The second-order valence-corrected chi connectivity index (χ2v) is 11.6. The molecule has 0 radical (unpaired) electrons. The van der Waals surface area contributed by atoms with Crippen LogP contribution in [0.3, 0.4) is 0 Å². The number of esters is 1. The van der Waals surface area contributed by atoms with Gasteiger partial charge in [0.1, 0.15) is 11.6 Å². The summed E-state index contributed by atoms with van der Waals surface area (Å²) in [4.78, 5) is 31.9. The average molecular weight is 505 g/mol. The molecule has 9 heteroatoms. The fourth-order valence-electron chi connectivity index (χ4n) is 6.98. The van der Waals surface area contributed by atoms with Gasteiger partial charge in [-0.05, 0) is 81.6 Å². The summed E-state index contributed by atoms with van der Waals surface area (Å²) in [5.74, 6) is 1.36. The summed E-state index contributed by atoms with van der Waals surface area (Å²) in [5.41, 5.74) is 14.5. The van der Waals surface area contributed by atoms with E-state index in [0.717, 1.165) is 51.4 Å².